The Kier molecular flexibility index (Phi) is 60.0. The fourth-order valence-electron chi connectivity index (χ4n) is 0.158. The van der Waals surface area contributed by atoms with Crippen molar-refractivity contribution in [3.05, 3.63) is 0 Å². The zero-order valence-corrected chi connectivity index (χ0v) is 5.18. The molecule has 0 amide bonds. The predicted octanol–water partition coefficient (Wildman–Crippen LogP) is -0.231. The van der Waals surface area contributed by atoms with Crippen molar-refractivity contribution >= 4 is 6.79 Å². The lowest BCUT2D eigenvalue weighted by Gasteiger charge is -1.79. The molecule has 0 aromatic rings. The van der Waals surface area contributed by atoms with E-state index in [1.54, 1.807) is 0 Å². The Bertz CT molecular complexity index is 21.6. The number of aliphatic hydroxyl groups excluding tert-OH is 1. The van der Waals surface area contributed by atoms with Crippen LogP contribution in [0.25, 0.3) is 0 Å². The fraction of sp³-hybridized carbons (Fsp3) is 0.800. The quantitative estimate of drug-likeness (QED) is 0.549. The normalized spacial score (nSPS) is 5.75. The Labute approximate surface area is 49.6 Å². The van der Waals surface area contributed by atoms with Crippen molar-refractivity contribution in [3.8, 4) is 0 Å². The molecule has 0 saturated carbocycles. The van der Waals surface area contributed by atoms with Gasteiger partial charge in [0.05, 0.1) is 0 Å². The molecule has 0 bridgehead atoms. The second-order valence-electron chi connectivity index (χ2n) is 1.08. The molecule has 52 valence electrons. The SMILES string of the molecule is C=O.CCCCO.O. The van der Waals surface area contributed by atoms with E-state index in [1.165, 1.54) is 0 Å². The van der Waals surface area contributed by atoms with Crippen molar-refractivity contribution in [1.29, 1.82) is 0 Å². The van der Waals surface area contributed by atoms with E-state index in [0.717, 1.165) is 12.8 Å². The Morgan fingerprint density at radius 1 is 1.50 bits per heavy atom. The lowest BCUT2D eigenvalue weighted by molar-refractivity contribution is -0.0979. The van der Waals surface area contributed by atoms with Crippen LogP contribution >= 0.6 is 0 Å². The van der Waals surface area contributed by atoms with Crippen LogP contribution in [0.4, 0.5) is 0 Å². The molecule has 3 nitrogen and oxygen atoms in total. The third-order valence-electron chi connectivity index (χ3n) is 0.512. The Morgan fingerprint density at radius 3 is 1.88 bits per heavy atom. The first-order valence-electron chi connectivity index (χ1n) is 2.31. The molecule has 3 N–H and O–H groups in total. The maximum Gasteiger partial charge on any atom is 0.106 e. The zero-order chi connectivity index (χ0) is 6.12. The van der Waals surface area contributed by atoms with Crippen molar-refractivity contribution in [1.82, 2.24) is 0 Å². The van der Waals surface area contributed by atoms with Gasteiger partial charge >= 0.3 is 0 Å². The smallest absolute Gasteiger partial charge is 0.106 e. The lowest BCUT2D eigenvalue weighted by atomic mass is 10.4. The summed E-state index contributed by atoms with van der Waals surface area (Å²) in [5, 5.41) is 8.07. The Morgan fingerprint density at radius 2 is 1.88 bits per heavy atom. The van der Waals surface area contributed by atoms with Crippen LogP contribution in [0.1, 0.15) is 19.8 Å². The molecule has 0 atom stereocenters. The monoisotopic (exact) mass is 122 g/mol. The van der Waals surface area contributed by atoms with Gasteiger partial charge in [0, 0.05) is 6.61 Å². The van der Waals surface area contributed by atoms with Gasteiger partial charge in [-0.1, -0.05) is 13.3 Å². The zero-order valence-electron chi connectivity index (χ0n) is 5.18. The lowest BCUT2D eigenvalue weighted by Crippen LogP contribution is -1.75. The third kappa shape index (κ3) is 46.6. The number of unbranched alkanes of at least 4 members (excludes halogenated alkanes) is 1. The molecule has 0 fully saturated rings. The van der Waals surface area contributed by atoms with Crippen molar-refractivity contribution < 1.29 is 15.4 Å². The van der Waals surface area contributed by atoms with Gasteiger partial charge in [-0.25, -0.2) is 0 Å². The second-order valence-corrected chi connectivity index (χ2v) is 1.08. The standard InChI is InChI=1S/C4H10O.CH2O.H2O/c1-2-3-4-5;1-2;/h5H,2-4H2,1H3;1H2;1H2. The van der Waals surface area contributed by atoms with E-state index >= 15 is 0 Å². The number of rotatable bonds is 2. The number of hydrogen-bond acceptors (Lipinski definition) is 2. The van der Waals surface area contributed by atoms with Crippen molar-refractivity contribution in [3.63, 3.8) is 0 Å². The van der Waals surface area contributed by atoms with Crippen LogP contribution in [-0.4, -0.2) is 24.0 Å². The minimum absolute atomic E-state index is 0. The van der Waals surface area contributed by atoms with E-state index < -0.39 is 0 Å². The first-order chi connectivity index (χ1) is 3.41. The second kappa shape index (κ2) is 30.7. The van der Waals surface area contributed by atoms with Gasteiger partial charge in [-0.2, -0.15) is 0 Å². The summed E-state index contributed by atoms with van der Waals surface area (Å²) in [4.78, 5) is 8.00. The molecule has 0 aliphatic heterocycles. The summed E-state index contributed by atoms with van der Waals surface area (Å²) in [5.41, 5.74) is 0. The summed E-state index contributed by atoms with van der Waals surface area (Å²) < 4.78 is 0. The number of carbonyl (C=O) groups excluding carboxylic acids is 1. The maximum absolute atomic E-state index is 8.07. The largest absolute Gasteiger partial charge is 0.412 e. The predicted molar refractivity (Wildman–Crippen MR) is 32.7 cm³/mol. The molecule has 0 radical (unpaired) electrons. The highest BCUT2D eigenvalue weighted by Crippen LogP contribution is 1.78. The highest BCUT2D eigenvalue weighted by atomic mass is 16.2. The molecule has 0 spiro atoms. The van der Waals surface area contributed by atoms with Gasteiger partial charge in [0.15, 0.2) is 0 Å². The minimum Gasteiger partial charge on any atom is -0.412 e. The molecule has 0 unspecified atom stereocenters. The number of aliphatic hydroxyl groups is 1. The van der Waals surface area contributed by atoms with Gasteiger partial charge in [0.25, 0.3) is 0 Å². The van der Waals surface area contributed by atoms with Crippen molar-refractivity contribution in [2.24, 2.45) is 0 Å². The van der Waals surface area contributed by atoms with E-state index in [1.807, 2.05) is 6.79 Å². The molecule has 0 aromatic heterocycles. The molecule has 3 heteroatoms. The highest BCUT2D eigenvalue weighted by Gasteiger charge is 1.69. The van der Waals surface area contributed by atoms with Crippen LogP contribution in [0.15, 0.2) is 0 Å². The van der Waals surface area contributed by atoms with E-state index in [4.69, 9.17) is 9.90 Å². The number of carbonyl (C=O) groups is 1. The van der Waals surface area contributed by atoms with E-state index in [-0.39, 0.29) is 5.48 Å². The fourth-order valence-corrected chi connectivity index (χ4v) is 0.158. The first-order valence-corrected chi connectivity index (χ1v) is 2.31. The Hall–Kier alpha value is -0.410. The molecular weight excluding hydrogens is 108 g/mol. The first kappa shape index (κ1) is 15.6. The van der Waals surface area contributed by atoms with Crippen LogP contribution in [0.3, 0.4) is 0 Å². The van der Waals surface area contributed by atoms with Gasteiger partial charge in [-0.05, 0) is 6.42 Å². The topological polar surface area (TPSA) is 68.8 Å². The number of hydrogen-bond donors (Lipinski definition) is 1. The third-order valence-corrected chi connectivity index (χ3v) is 0.512. The van der Waals surface area contributed by atoms with Gasteiger partial charge in [-0.3, -0.25) is 0 Å². The average Bonchev–Trinajstić information content (AvgIpc) is 1.75. The molecule has 0 heterocycles. The van der Waals surface area contributed by atoms with Crippen LogP contribution in [0.2, 0.25) is 0 Å². The van der Waals surface area contributed by atoms with E-state index in [2.05, 4.69) is 6.92 Å². The summed E-state index contributed by atoms with van der Waals surface area (Å²) in [6.07, 6.45) is 2.04. The highest BCUT2D eigenvalue weighted by molar-refractivity contribution is 5.10. The van der Waals surface area contributed by atoms with Gasteiger partial charge in [-0.15, -0.1) is 0 Å². The molecular formula is C5H14O3. The van der Waals surface area contributed by atoms with Crippen LogP contribution in [0, 0.1) is 0 Å². The summed E-state index contributed by atoms with van der Waals surface area (Å²) in [6, 6.07) is 0. The van der Waals surface area contributed by atoms with Crippen LogP contribution in [-0.2, 0) is 4.79 Å². The molecule has 8 heavy (non-hydrogen) atoms. The molecule has 0 aliphatic rings. The Balaban J connectivity index is -0.0000000750. The molecule has 0 aromatic carbocycles. The summed E-state index contributed by atoms with van der Waals surface area (Å²) in [6.45, 7) is 4.40. The molecule has 0 saturated heterocycles. The van der Waals surface area contributed by atoms with Gasteiger partial charge in [0.1, 0.15) is 6.79 Å². The average molecular weight is 122 g/mol. The van der Waals surface area contributed by atoms with Crippen LogP contribution in [0.5, 0.6) is 0 Å². The molecule has 0 rings (SSSR count). The van der Waals surface area contributed by atoms with E-state index in [0.29, 0.717) is 6.61 Å². The summed E-state index contributed by atoms with van der Waals surface area (Å²) in [5.74, 6) is 0. The van der Waals surface area contributed by atoms with Crippen molar-refractivity contribution in [2.75, 3.05) is 6.61 Å². The van der Waals surface area contributed by atoms with E-state index in [9.17, 15) is 0 Å². The van der Waals surface area contributed by atoms with Crippen LogP contribution < -0.4 is 0 Å². The minimum atomic E-state index is 0. The van der Waals surface area contributed by atoms with Gasteiger partial charge < -0.3 is 15.4 Å². The molecule has 0 aliphatic carbocycles. The maximum atomic E-state index is 8.07. The van der Waals surface area contributed by atoms with Gasteiger partial charge in [0.2, 0.25) is 0 Å². The summed E-state index contributed by atoms with van der Waals surface area (Å²) >= 11 is 0. The van der Waals surface area contributed by atoms with Crippen molar-refractivity contribution in [2.45, 2.75) is 19.8 Å². The summed E-state index contributed by atoms with van der Waals surface area (Å²) in [7, 11) is 0.